The maximum absolute atomic E-state index is 4.54. The molecule has 0 amide bonds. The van der Waals surface area contributed by atoms with Crippen LogP contribution in [0, 0.1) is 11.8 Å². The van der Waals surface area contributed by atoms with Gasteiger partial charge >= 0.3 is 0 Å². The number of likely N-dealkylation sites (tertiary alicyclic amines) is 1. The molecule has 2 saturated heterocycles. The Morgan fingerprint density at radius 3 is 2.56 bits per heavy atom. The van der Waals surface area contributed by atoms with Crippen LogP contribution in [0.1, 0.15) is 38.7 Å². The minimum Gasteiger partial charge on any atom is -0.357 e. The molecular weight excluding hydrogens is 425 g/mol. The number of anilines is 1. The third kappa shape index (κ3) is 5.46. The van der Waals surface area contributed by atoms with Crippen LogP contribution in [0.4, 0.5) is 5.82 Å². The van der Waals surface area contributed by atoms with E-state index in [9.17, 15) is 0 Å². The second-order valence-corrected chi connectivity index (χ2v) is 7.47. The molecule has 1 aromatic rings. The van der Waals surface area contributed by atoms with Crippen molar-refractivity contribution in [3.8, 4) is 0 Å². The van der Waals surface area contributed by atoms with Crippen molar-refractivity contribution in [1.29, 1.82) is 0 Å². The van der Waals surface area contributed by atoms with Crippen molar-refractivity contribution in [2.45, 2.75) is 39.7 Å². The molecule has 0 bridgehead atoms. The smallest absolute Gasteiger partial charge is 0.193 e. The van der Waals surface area contributed by atoms with E-state index < -0.39 is 0 Å². The Labute approximate surface area is 169 Å². The van der Waals surface area contributed by atoms with Crippen molar-refractivity contribution in [2.75, 3.05) is 38.1 Å². The Hall–Kier alpha value is -1.05. The number of aromatic nitrogens is 1. The van der Waals surface area contributed by atoms with Crippen molar-refractivity contribution in [3.63, 3.8) is 0 Å². The molecule has 0 aromatic carbocycles. The molecule has 0 spiro atoms. The van der Waals surface area contributed by atoms with Gasteiger partial charge in [0.25, 0.3) is 0 Å². The number of aliphatic imine (C=N–C) groups is 1. The number of nitrogens with one attached hydrogen (secondary N) is 1. The number of rotatable bonds is 3. The van der Waals surface area contributed by atoms with Gasteiger partial charge in [-0.05, 0) is 48.8 Å². The second kappa shape index (κ2) is 9.59. The van der Waals surface area contributed by atoms with E-state index >= 15 is 0 Å². The summed E-state index contributed by atoms with van der Waals surface area (Å²) in [6.07, 6.45) is 5.81. The second-order valence-electron chi connectivity index (χ2n) is 7.47. The zero-order chi connectivity index (χ0) is 16.9. The molecule has 0 radical (unpaired) electrons. The Morgan fingerprint density at radius 2 is 1.92 bits per heavy atom. The number of guanidine groups is 1. The Bertz CT molecular complexity index is 561. The maximum Gasteiger partial charge on any atom is 0.193 e. The Morgan fingerprint density at radius 1 is 1.24 bits per heavy atom. The van der Waals surface area contributed by atoms with Gasteiger partial charge in [0.15, 0.2) is 5.96 Å². The van der Waals surface area contributed by atoms with E-state index in [2.05, 4.69) is 51.1 Å². The van der Waals surface area contributed by atoms with E-state index in [1.807, 2.05) is 13.2 Å². The Kier molecular flexibility index (Phi) is 7.78. The third-order valence-electron chi connectivity index (χ3n) is 5.07. The summed E-state index contributed by atoms with van der Waals surface area (Å²) in [5, 5.41) is 3.54. The van der Waals surface area contributed by atoms with E-state index in [1.54, 1.807) is 0 Å². The zero-order valence-corrected chi connectivity index (χ0v) is 18.1. The first-order valence-electron chi connectivity index (χ1n) is 9.31. The van der Waals surface area contributed by atoms with Crippen LogP contribution in [-0.4, -0.2) is 49.1 Å². The van der Waals surface area contributed by atoms with Crippen molar-refractivity contribution in [1.82, 2.24) is 15.2 Å². The molecular formula is C19H32IN5. The molecule has 0 saturated carbocycles. The van der Waals surface area contributed by atoms with Gasteiger partial charge in [0.1, 0.15) is 5.82 Å². The fourth-order valence-corrected chi connectivity index (χ4v) is 4.04. The summed E-state index contributed by atoms with van der Waals surface area (Å²) in [4.78, 5) is 13.8. The fraction of sp³-hybridized carbons (Fsp3) is 0.684. The Balaban J connectivity index is 0.00000225. The van der Waals surface area contributed by atoms with Crippen molar-refractivity contribution in [2.24, 2.45) is 16.8 Å². The molecule has 2 atom stereocenters. The minimum absolute atomic E-state index is 0. The lowest BCUT2D eigenvalue weighted by Gasteiger charge is -2.37. The van der Waals surface area contributed by atoms with Gasteiger partial charge in [0, 0.05) is 46.0 Å². The molecule has 1 N–H and O–H groups in total. The van der Waals surface area contributed by atoms with Crippen LogP contribution in [0.5, 0.6) is 0 Å². The minimum atomic E-state index is 0. The summed E-state index contributed by atoms with van der Waals surface area (Å²) < 4.78 is 0. The van der Waals surface area contributed by atoms with E-state index in [4.69, 9.17) is 0 Å². The van der Waals surface area contributed by atoms with Crippen LogP contribution in [0.25, 0.3) is 0 Å². The number of hydrogen-bond acceptors (Lipinski definition) is 3. The normalized spacial score (nSPS) is 24.2. The van der Waals surface area contributed by atoms with Crippen molar-refractivity contribution in [3.05, 3.63) is 23.9 Å². The van der Waals surface area contributed by atoms with Crippen LogP contribution in [0.2, 0.25) is 0 Å². The number of hydrogen-bond donors (Lipinski definition) is 1. The van der Waals surface area contributed by atoms with E-state index in [-0.39, 0.29) is 24.0 Å². The molecule has 2 aliphatic rings. The van der Waals surface area contributed by atoms with Crippen LogP contribution >= 0.6 is 24.0 Å². The average Bonchev–Trinajstić information content (AvgIpc) is 3.09. The highest BCUT2D eigenvalue weighted by Crippen LogP contribution is 2.21. The molecule has 0 aliphatic carbocycles. The summed E-state index contributed by atoms with van der Waals surface area (Å²) in [5.74, 6) is 3.60. The van der Waals surface area contributed by atoms with Gasteiger partial charge in [0.05, 0.1) is 0 Å². The molecule has 6 heteroatoms. The predicted molar refractivity (Wildman–Crippen MR) is 116 cm³/mol. The molecule has 25 heavy (non-hydrogen) atoms. The lowest BCUT2D eigenvalue weighted by atomic mass is 9.92. The first-order valence-corrected chi connectivity index (χ1v) is 9.31. The van der Waals surface area contributed by atoms with Crippen molar-refractivity contribution < 1.29 is 0 Å². The first kappa shape index (κ1) is 20.3. The number of piperidine rings is 1. The molecule has 2 unspecified atom stereocenters. The van der Waals surface area contributed by atoms with Crippen LogP contribution < -0.4 is 10.2 Å². The molecule has 3 heterocycles. The first-order chi connectivity index (χ1) is 11.7. The van der Waals surface area contributed by atoms with Gasteiger partial charge in [-0.3, -0.25) is 4.99 Å². The van der Waals surface area contributed by atoms with Gasteiger partial charge < -0.3 is 15.1 Å². The quantitative estimate of drug-likeness (QED) is 0.430. The molecule has 2 aliphatic heterocycles. The average molecular weight is 457 g/mol. The summed E-state index contributed by atoms with van der Waals surface area (Å²) in [6, 6.07) is 4.31. The monoisotopic (exact) mass is 457 g/mol. The number of halogens is 1. The highest BCUT2D eigenvalue weighted by Gasteiger charge is 2.24. The maximum atomic E-state index is 4.54. The van der Waals surface area contributed by atoms with E-state index in [0.29, 0.717) is 0 Å². The van der Waals surface area contributed by atoms with Gasteiger partial charge in [-0.1, -0.05) is 13.8 Å². The van der Waals surface area contributed by atoms with E-state index in [1.165, 1.54) is 24.8 Å². The van der Waals surface area contributed by atoms with Gasteiger partial charge in [0.2, 0.25) is 0 Å². The lowest BCUT2D eigenvalue weighted by Crippen LogP contribution is -2.48. The highest BCUT2D eigenvalue weighted by atomic mass is 127. The highest BCUT2D eigenvalue weighted by molar-refractivity contribution is 14.0. The third-order valence-corrected chi connectivity index (χ3v) is 5.07. The van der Waals surface area contributed by atoms with Gasteiger partial charge in [-0.15, -0.1) is 24.0 Å². The molecule has 5 nitrogen and oxygen atoms in total. The topological polar surface area (TPSA) is 43.8 Å². The molecule has 2 fully saturated rings. The zero-order valence-electron chi connectivity index (χ0n) is 15.7. The molecule has 1 aromatic heterocycles. The van der Waals surface area contributed by atoms with Crippen LogP contribution in [0.3, 0.4) is 0 Å². The summed E-state index contributed by atoms with van der Waals surface area (Å²) in [7, 11) is 1.88. The van der Waals surface area contributed by atoms with E-state index in [0.717, 1.165) is 56.3 Å². The number of nitrogens with zero attached hydrogens (tertiary/aromatic N) is 4. The summed E-state index contributed by atoms with van der Waals surface area (Å²) in [6.45, 7) is 9.93. The lowest BCUT2D eigenvalue weighted by molar-refractivity contribution is 0.208. The summed E-state index contributed by atoms with van der Waals surface area (Å²) in [5.41, 5.74) is 1.27. The van der Waals surface area contributed by atoms with Crippen LogP contribution in [0.15, 0.2) is 23.3 Å². The predicted octanol–water partition coefficient (Wildman–Crippen LogP) is 3.35. The SMILES string of the molecule is CN=C(NCc1ccnc(N2CCCC2)c1)N1CC(C)CC(C)C1.I. The molecule has 140 valence electrons. The largest absolute Gasteiger partial charge is 0.357 e. The van der Waals surface area contributed by atoms with Gasteiger partial charge in [-0.2, -0.15) is 0 Å². The van der Waals surface area contributed by atoms with Crippen LogP contribution in [-0.2, 0) is 6.54 Å². The summed E-state index contributed by atoms with van der Waals surface area (Å²) >= 11 is 0. The fourth-order valence-electron chi connectivity index (χ4n) is 4.04. The number of pyridine rings is 1. The van der Waals surface area contributed by atoms with Gasteiger partial charge in [-0.25, -0.2) is 4.98 Å². The standard InChI is InChI=1S/C19H31N5.HI/c1-15-10-16(2)14-24(13-15)19(20-3)22-12-17-6-7-21-18(11-17)23-8-4-5-9-23;/h6-7,11,15-16H,4-5,8-10,12-14H2,1-3H3,(H,20,22);1H. The van der Waals surface area contributed by atoms with Crippen molar-refractivity contribution >= 4 is 35.8 Å². The molecule has 3 rings (SSSR count).